The third kappa shape index (κ3) is 2.64. The van der Waals surface area contributed by atoms with Crippen LogP contribution in [0.3, 0.4) is 0 Å². The molecule has 0 bridgehead atoms. The van der Waals surface area contributed by atoms with Gasteiger partial charge in [-0.15, -0.1) is 0 Å². The van der Waals surface area contributed by atoms with Crippen molar-refractivity contribution in [1.82, 2.24) is 15.0 Å². The highest BCUT2D eigenvalue weighted by Gasteiger charge is 2.19. The number of anilines is 3. The van der Waals surface area contributed by atoms with E-state index < -0.39 is 0 Å². The lowest BCUT2D eigenvalue weighted by atomic mass is 10.2. The van der Waals surface area contributed by atoms with E-state index in [1.54, 1.807) is 0 Å². The maximum atomic E-state index is 5.69. The van der Waals surface area contributed by atoms with Crippen LogP contribution in [-0.4, -0.2) is 41.1 Å². The summed E-state index contributed by atoms with van der Waals surface area (Å²) >= 11 is 0. The number of hydrogen-bond acceptors (Lipinski definition) is 6. The zero-order valence-corrected chi connectivity index (χ0v) is 11.5. The van der Waals surface area contributed by atoms with E-state index in [-0.39, 0.29) is 5.95 Å². The molecule has 1 aromatic carbocycles. The minimum absolute atomic E-state index is 0.290. The van der Waals surface area contributed by atoms with E-state index in [0.717, 1.165) is 26.2 Å². The second-order valence-electron chi connectivity index (χ2n) is 4.85. The van der Waals surface area contributed by atoms with E-state index in [0.29, 0.717) is 11.8 Å². The first-order chi connectivity index (χ1) is 9.72. The zero-order chi connectivity index (χ0) is 13.9. The molecule has 104 valence electrons. The van der Waals surface area contributed by atoms with Gasteiger partial charge in [-0.3, -0.25) is 0 Å². The predicted octanol–water partition coefficient (Wildman–Crippen LogP) is 1.09. The molecule has 0 radical (unpaired) electrons. The van der Waals surface area contributed by atoms with Crippen molar-refractivity contribution in [3.05, 3.63) is 36.2 Å². The normalized spacial score (nSPS) is 15.4. The van der Waals surface area contributed by atoms with Gasteiger partial charge >= 0.3 is 0 Å². The number of hydrogen-bond donors (Lipinski definition) is 1. The molecule has 1 aromatic heterocycles. The minimum Gasteiger partial charge on any atom is -0.368 e. The molecule has 6 heteroatoms. The van der Waals surface area contributed by atoms with Crippen molar-refractivity contribution < 1.29 is 0 Å². The smallest absolute Gasteiger partial charge is 0.230 e. The molecule has 0 amide bonds. The molecular weight excluding hydrogens is 252 g/mol. The standard InChI is InChI=1S/C14H18N6/c1-11-16-13(15)18-14(17-11)20-9-7-19(8-10-20)12-5-3-2-4-6-12/h2-6H,7-10H2,1H3,(H2,15,16,17,18). The number of rotatable bonds is 2. The Bertz CT molecular complexity index is 557. The minimum atomic E-state index is 0.290. The summed E-state index contributed by atoms with van der Waals surface area (Å²) in [6.07, 6.45) is 0. The quantitative estimate of drug-likeness (QED) is 0.880. The number of nitrogens with two attached hydrogens (primary N) is 1. The molecule has 2 heterocycles. The Hall–Kier alpha value is -2.37. The highest BCUT2D eigenvalue weighted by Crippen LogP contribution is 2.18. The largest absolute Gasteiger partial charge is 0.368 e. The lowest BCUT2D eigenvalue weighted by Gasteiger charge is -2.36. The lowest BCUT2D eigenvalue weighted by molar-refractivity contribution is 0.637. The molecule has 3 rings (SSSR count). The average molecular weight is 270 g/mol. The molecule has 1 fully saturated rings. The van der Waals surface area contributed by atoms with Gasteiger partial charge in [0.25, 0.3) is 0 Å². The Labute approximate surface area is 118 Å². The van der Waals surface area contributed by atoms with Gasteiger partial charge in [-0.25, -0.2) is 0 Å². The molecular formula is C14H18N6. The molecule has 0 unspecified atom stereocenters. The van der Waals surface area contributed by atoms with Crippen LogP contribution < -0.4 is 15.5 Å². The molecule has 20 heavy (non-hydrogen) atoms. The van der Waals surface area contributed by atoms with E-state index in [2.05, 4.69) is 49.0 Å². The molecule has 0 spiro atoms. The average Bonchev–Trinajstić information content (AvgIpc) is 2.47. The first-order valence-corrected chi connectivity index (χ1v) is 6.75. The molecule has 0 aliphatic carbocycles. The van der Waals surface area contributed by atoms with Gasteiger partial charge in [0.1, 0.15) is 5.82 Å². The van der Waals surface area contributed by atoms with E-state index in [1.165, 1.54) is 5.69 Å². The Kier molecular flexibility index (Phi) is 3.37. The summed E-state index contributed by atoms with van der Waals surface area (Å²) < 4.78 is 0. The number of nitrogens with zero attached hydrogens (tertiary/aromatic N) is 5. The van der Waals surface area contributed by atoms with Crippen LogP contribution in [0.15, 0.2) is 30.3 Å². The molecule has 1 aliphatic rings. The van der Waals surface area contributed by atoms with Crippen molar-refractivity contribution in [2.75, 3.05) is 41.7 Å². The Morgan fingerprint density at radius 2 is 1.55 bits per heavy atom. The zero-order valence-electron chi connectivity index (χ0n) is 11.5. The van der Waals surface area contributed by atoms with E-state index in [9.17, 15) is 0 Å². The van der Waals surface area contributed by atoms with E-state index in [1.807, 2.05) is 13.0 Å². The van der Waals surface area contributed by atoms with Gasteiger partial charge in [0.2, 0.25) is 11.9 Å². The topological polar surface area (TPSA) is 71.2 Å². The molecule has 0 atom stereocenters. The lowest BCUT2D eigenvalue weighted by Crippen LogP contribution is -2.47. The summed E-state index contributed by atoms with van der Waals surface area (Å²) in [5.74, 6) is 1.64. The van der Waals surface area contributed by atoms with Crippen LogP contribution in [0.2, 0.25) is 0 Å². The Morgan fingerprint density at radius 3 is 2.20 bits per heavy atom. The summed E-state index contributed by atoms with van der Waals surface area (Å²) in [5, 5.41) is 0. The van der Waals surface area contributed by atoms with Crippen molar-refractivity contribution in [2.45, 2.75) is 6.92 Å². The van der Waals surface area contributed by atoms with Gasteiger partial charge in [0.05, 0.1) is 0 Å². The van der Waals surface area contributed by atoms with Crippen LogP contribution in [0.1, 0.15) is 5.82 Å². The monoisotopic (exact) mass is 270 g/mol. The van der Waals surface area contributed by atoms with Gasteiger partial charge < -0.3 is 15.5 Å². The summed E-state index contributed by atoms with van der Waals surface area (Å²) in [4.78, 5) is 17.1. The summed E-state index contributed by atoms with van der Waals surface area (Å²) in [5.41, 5.74) is 6.95. The Balaban J connectivity index is 1.69. The molecule has 6 nitrogen and oxygen atoms in total. The predicted molar refractivity (Wildman–Crippen MR) is 79.8 cm³/mol. The SMILES string of the molecule is Cc1nc(N)nc(N2CCN(c3ccccc3)CC2)n1. The van der Waals surface area contributed by atoms with Crippen LogP contribution in [0.4, 0.5) is 17.6 Å². The van der Waals surface area contributed by atoms with Gasteiger partial charge in [-0.2, -0.15) is 15.0 Å². The number of para-hydroxylation sites is 1. The maximum Gasteiger partial charge on any atom is 0.230 e. The number of nitrogen functional groups attached to an aromatic ring is 1. The fourth-order valence-corrected chi connectivity index (χ4v) is 2.43. The van der Waals surface area contributed by atoms with E-state index >= 15 is 0 Å². The van der Waals surface area contributed by atoms with Gasteiger partial charge in [-0.1, -0.05) is 18.2 Å². The number of aryl methyl sites for hydroxylation is 1. The highest BCUT2D eigenvalue weighted by atomic mass is 15.3. The van der Waals surface area contributed by atoms with Gasteiger partial charge in [0, 0.05) is 31.9 Å². The molecule has 2 N–H and O–H groups in total. The first kappa shape index (κ1) is 12.7. The van der Waals surface area contributed by atoms with Crippen molar-refractivity contribution in [3.63, 3.8) is 0 Å². The maximum absolute atomic E-state index is 5.69. The van der Waals surface area contributed by atoms with Crippen LogP contribution in [0.5, 0.6) is 0 Å². The summed E-state index contributed by atoms with van der Waals surface area (Å²) in [7, 11) is 0. The van der Waals surface area contributed by atoms with Gasteiger partial charge in [0.15, 0.2) is 0 Å². The summed E-state index contributed by atoms with van der Waals surface area (Å²) in [6, 6.07) is 10.5. The third-order valence-electron chi connectivity index (χ3n) is 3.44. The van der Waals surface area contributed by atoms with E-state index in [4.69, 9.17) is 5.73 Å². The van der Waals surface area contributed by atoms with Crippen molar-refractivity contribution >= 4 is 17.6 Å². The van der Waals surface area contributed by atoms with Gasteiger partial charge in [-0.05, 0) is 19.1 Å². The molecule has 1 saturated heterocycles. The Morgan fingerprint density at radius 1 is 0.900 bits per heavy atom. The first-order valence-electron chi connectivity index (χ1n) is 6.75. The fraction of sp³-hybridized carbons (Fsp3) is 0.357. The third-order valence-corrected chi connectivity index (χ3v) is 3.44. The number of piperazine rings is 1. The molecule has 0 saturated carbocycles. The van der Waals surface area contributed by atoms with Crippen LogP contribution in [0, 0.1) is 6.92 Å². The van der Waals surface area contributed by atoms with Crippen molar-refractivity contribution in [2.24, 2.45) is 0 Å². The second-order valence-corrected chi connectivity index (χ2v) is 4.85. The molecule has 1 aliphatic heterocycles. The fourth-order valence-electron chi connectivity index (χ4n) is 2.43. The van der Waals surface area contributed by atoms with Crippen LogP contribution in [0.25, 0.3) is 0 Å². The van der Waals surface area contributed by atoms with Crippen molar-refractivity contribution in [1.29, 1.82) is 0 Å². The molecule has 2 aromatic rings. The highest BCUT2D eigenvalue weighted by molar-refractivity contribution is 5.48. The van der Waals surface area contributed by atoms with Crippen molar-refractivity contribution in [3.8, 4) is 0 Å². The number of benzene rings is 1. The second kappa shape index (κ2) is 5.32. The number of aromatic nitrogens is 3. The van der Waals surface area contributed by atoms with Crippen LogP contribution in [-0.2, 0) is 0 Å². The van der Waals surface area contributed by atoms with Crippen LogP contribution >= 0.6 is 0 Å². The summed E-state index contributed by atoms with van der Waals surface area (Å²) in [6.45, 7) is 5.51.